The third kappa shape index (κ3) is 3.14. The zero-order valence-electron chi connectivity index (χ0n) is 12.1. The number of hydrogen-bond donors (Lipinski definition) is 0. The van der Waals surface area contributed by atoms with Crippen molar-refractivity contribution in [2.75, 3.05) is 0 Å². The SMILES string of the molecule is O=C1OC=C(Cc2ccccc2)C(=O)C1Cc1ccccc1. The minimum atomic E-state index is -0.744. The molecule has 0 aliphatic carbocycles. The van der Waals surface area contributed by atoms with Crippen LogP contribution in [-0.2, 0) is 27.2 Å². The third-order valence-electron chi connectivity index (χ3n) is 3.75. The first-order chi connectivity index (χ1) is 10.7. The standard InChI is InChI=1S/C19H16O3/c20-18-16(11-14-7-3-1-4-8-14)13-22-19(21)17(18)12-15-9-5-2-6-10-15/h1-10,13,17H,11-12H2. The molecule has 0 spiro atoms. The molecular weight excluding hydrogens is 276 g/mol. The third-order valence-corrected chi connectivity index (χ3v) is 3.75. The monoisotopic (exact) mass is 292 g/mol. The summed E-state index contributed by atoms with van der Waals surface area (Å²) in [5, 5.41) is 0. The number of ether oxygens (including phenoxy) is 1. The molecule has 0 fully saturated rings. The van der Waals surface area contributed by atoms with Crippen LogP contribution in [0.3, 0.4) is 0 Å². The summed E-state index contributed by atoms with van der Waals surface area (Å²) in [5.41, 5.74) is 2.53. The first-order valence-electron chi connectivity index (χ1n) is 7.25. The average Bonchev–Trinajstić information content (AvgIpc) is 2.56. The molecular formula is C19H16O3. The van der Waals surface area contributed by atoms with Crippen LogP contribution in [0.2, 0.25) is 0 Å². The van der Waals surface area contributed by atoms with Crippen molar-refractivity contribution in [1.82, 2.24) is 0 Å². The van der Waals surface area contributed by atoms with E-state index in [0.717, 1.165) is 11.1 Å². The smallest absolute Gasteiger partial charge is 0.322 e. The Morgan fingerprint density at radius 2 is 1.41 bits per heavy atom. The number of allylic oxidation sites excluding steroid dienone is 1. The summed E-state index contributed by atoms with van der Waals surface area (Å²) < 4.78 is 5.10. The Morgan fingerprint density at radius 1 is 0.818 bits per heavy atom. The van der Waals surface area contributed by atoms with Gasteiger partial charge in [0.15, 0.2) is 5.78 Å². The molecule has 3 nitrogen and oxygen atoms in total. The lowest BCUT2D eigenvalue weighted by atomic mass is 9.88. The van der Waals surface area contributed by atoms with Gasteiger partial charge in [-0.25, -0.2) is 0 Å². The van der Waals surface area contributed by atoms with E-state index in [0.29, 0.717) is 18.4 Å². The van der Waals surface area contributed by atoms with E-state index < -0.39 is 11.9 Å². The number of carbonyl (C=O) groups is 2. The summed E-state index contributed by atoms with van der Waals surface area (Å²) in [4.78, 5) is 24.5. The van der Waals surface area contributed by atoms with Gasteiger partial charge in [0.2, 0.25) is 0 Å². The van der Waals surface area contributed by atoms with Crippen molar-refractivity contribution in [2.45, 2.75) is 12.8 Å². The zero-order valence-corrected chi connectivity index (χ0v) is 12.1. The van der Waals surface area contributed by atoms with Gasteiger partial charge in [0, 0.05) is 12.0 Å². The van der Waals surface area contributed by atoms with Crippen LogP contribution >= 0.6 is 0 Å². The van der Waals surface area contributed by atoms with E-state index in [9.17, 15) is 9.59 Å². The largest absolute Gasteiger partial charge is 0.433 e. The molecule has 0 saturated heterocycles. The van der Waals surface area contributed by atoms with Crippen molar-refractivity contribution in [1.29, 1.82) is 0 Å². The van der Waals surface area contributed by atoms with Crippen LogP contribution in [0.25, 0.3) is 0 Å². The van der Waals surface area contributed by atoms with Crippen molar-refractivity contribution in [2.24, 2.45) is 5.92 Å². The Kier molecular flexibility index (Phi) is 4.15. The van der Waals surface area contributed by atoms with Crippen LogP contribution < -0.4 is 0 Å². The number of rotatable bonds is 4. The lowest BCUT2D eigenvalue weighted by Gasteiger charge is -2.20. The maximum Gasteiger partial charge on any atom is 0.322 e. The van der Waals surface area contributed by atoms with Gasteiger partial charge in [-0.15, -0.1) is 0 Å². The van der Waals surface area contributed by atoms with Gasteiger partial charge in [0.25, 0.3) is 0 Å². The van der Waals surface area contributed by atoms with E-state index in [1.807, 2.05) is 60.7 Å². The molecule has 0 bridgehead atoms. The zero-order chi connectivity index (χ0) is 15.4. The second-order valence-electron chi connectivity index (χ2n) is 5.35. The quantitative estimate of drug-likeness (QED) is 0.642. The van der Waals surface area contributed by atoms with Gasteiger partial charge in [0.1, 0.15) is 12.2 Å². The van der Waals surface area contributed by atoms with Crippen LogP contribution in [0.1, 0.15) is 11.1 Å². The Balaban J connectivity index is 1.77. The fraction of sp³-hybridized carbons (Fsp3) is 0.158. The summed E-state index contributed by atoms with van der Waals surface area (Å²) in [7, 11) is 0. The number of ketones is 1. The molecule has 0 radical (unpaired) electrons. The fourth-order valence-electron chi connectivity index (χ4n) is 2.57. The molecule has 110 valence electrons. The summed E-state index contributed by atoms with van der Waals surface area (Å²) >= 11 is 0. The number of esters is 1. The van der Waals surface area contributed by atoms with Gasteiger partial charge in [0.05, 0.1) is 0 Å². The molecule has 0 N–H and O–H groups in total. The minimum absolute atomic E-state index is 0.135. The summed E-state index contributed by atoms with van der Waals surface area (Å²) in [5.74, 6) is -1.35. The van der Waals surface area contributed by atoms with Crippen molar-refractivity contribution in [3.8, 4) is 0 Å². The Hall–Kier alpha value is -2.68. The average molecular weight is 292 g/mol. The van der Waals surface area contributed by atoms with Crippen molar-refractivity contribution in [3.63, 3.8) is 0 Å². The van der Waals surface area contributed by atoms with Crippen molar-refractivity contribution >= 4 is 11.8 Å². The highest BCUT2D eigenvalue weighted by atomic mass is 16.5. The van der Waals surface area contributed by atoms with Crippen LogP contribution in [0.4, 0.5) is 0 Å². The van der Waals surface area contributed by atoms with Crippen LogP contribution in [0.5, 0.6) is 0 Å². The van der Waals surface area contributed by atoms with Gasteiger partial charge >= 0.3 is 5.97 Å². The van der Waals surface area contributed by atoms with Gasteiger partial charge in [-0.2, -0.15) is 0 Å². The van der Waals surface area contributed by atoms with E-state index in [4.69, 9.17) is 4.74 Å². The van der Waals surface area contributed by atoms with E-state index in [1.54, 1.807) is 0 Å². The normalized spacial score (nSPS) is 17.8. The lowest BCUT2D eigenvalue weighted by Crippen LogP contribution is -2.32. The first-order valence-corrected chi connectivity index (χ1v) is 7.25. The number of benzene rings is 2. The lowest BCUT2D eigenvalue weighted by molar-refractivity contribution is -0.148. The first kappa shape index (κ1) is 14.3. The van der Waals surface area contributed by atoms with E-state index in [2.05, 4.69) is 0 Å². The summed E-state index contributed by atoms with van der Waals surface area (Å²) in [6, 6.07) is 19.2. The number of cyclic esters (lactones) is 1. The fourth-order valence-corrected chi connectivity index (χ4v) is 2.57. The predicted octanol–water partition coefficient (Wildman–Crippen LogP) is 3.10. The molecule has 3 rings (SSSR count). The van der Waals surface area contributed by atoms with E-state index in [1.165, 1.54) is 6.26 Å². The minimum Gasteiger partial charge on any atom is -0.433 e. The van der Waals surface area contributed by atoms with Gasteiger partial charge in [-0.05, 0) is 17.5 Å². The molecule has 1 atom stereocenters. The molecule has 1 aliphatic rings. The van der Waals surface area contributed by atoms with Gasteiger partial charge in [-0.1, -0.05) is 60.7 Å². The second-order valence-corrected chi connectivity index (χ2v) is 5.35. The predicted molar refractivity (Wildman–Crippen MR) is 83.0 cm³/mol. The molecule has 1 unspecified atom stereocenters. The number of carbonyl (C=O) groups excluding carboxylic acids is 2. The van der Waals surface area contributed by atoms with Crippen molar-refractivity contribution in [3.05, 3.63) is 83.6 Å². The van der Waals surface area contributed by atoms with Crippen LogP contribution in [0, 0.1) is 5.92 Å². The summed E-state index contributed by atoms with van der Waals surface area (Å²) in [6.45, 7) is 0. The maximum atomic E-state index is 12.6. The highest BCUT2D eigenvalue weighted by molar-refractivity contribution is 6.10. The topological polar surface area (TPSA) is 43.4 Å². The Labute approximate surface area is 129 Å². The Morgan fingerprint density at radius 3 is 2.05 bits per heavy atom. The molecule has 1 aliphatic heterocycles. The van der Waals surface area contributed by atoms with E-state index in [-0.39, 0.29) is 5.78 Å². The molecule has 3 heteroatoms. The molecule has 2 aromatic rings. The second kappa shape index (κ2) is 6.39. The van der Waals surface area contributed by atoms with Crippen molar-refractivity contribution < 1.29 is 14.3 Å². The number of hydrogen-bond acceptors (Lipinski definition) is 3. The summed E-state index contributed by atoms with van der Waals surface area (Å²) in [6.07, 6.45) is 2.17. The molecule has 0 saturated carbocycles. The molecule has 2 aromatic carbocycles. The van der Waals surface area contributed by atoms with Crippen LogP contribution in [0.15, 0.2) is 72.5 Å². The van der Waals surface area contributed by atoms with E-state index >= 15 is 0 Å². The molecule has 1 heterocycles. The Bertz CT molecular complexity index is 702. The highest BCUT2D eigenvalue weighted by Gasteiger charge is 2.34. The maximum absolute atomic E-state index is 12.6. The van der Waals surface area contributed by atoms with Crippen LogP contribution in [-0.4, -0.2) is 11.8 Å². The van der Waals surface area contributed by atoms with Gasteiger partial charge < -0.3 is 4.74 Å². The van der Waals surface area contributed by atoms with Gasteiger partial charge in [-0.3, -0.25) is 9.59 Å². The highest BCUT2D eigenvalue weighted by Crippen LogP contribution is 2.22. The molecule has 0 aromatic heterocycles. The number of Topliss-reactive ketones (excluding diaryl/α,β-unsaturated/α-hetero) is 1. The molecule has 22 heavy (non-hydrogen) atoms. The molecule has 0 amide bonds.